The second kappa shape index (κ2) is 7.95. The summed E-state index contributed by atoms with van der Waals surface area (Å²) < 4.78 is 5.26. The Bertz CT molecular complexity index is 813. The molecule has 2 aromatic carbocycles. The van der Waals surface area contributed by atoms with Crippen molar-refractivity contribution >= 4 is 18.2 Å². The molecule has 0 radical (unpaired) electrons. The van der Waals surface area contributed by atoms with Crippen molar-refractivity contribution in [3.63, 3.8) is 0 Å². The predicted octanol–water partition coefficient (Wildman–Crippen LogP) is 3.24. The molecule has 134 valence electrons. The van der Waals surface area contributed by atoms with Crippen LogP contribution >= 0.6 is 0 Å². The molecule has 0 spiro atoms. The van der Waals surface area contributed by atoms with Crippen molar-refractivity contribution in [3.8, 4) is 0 Å². The normalized spacial score (nSPS) is 16.9. The molecule has 2 aromatic rings. The number of benzene rings is 2. The van der Waals surface area contributed by atoms with E-state index in [0.29, 0.717) is 17.4 Å². The molecule has 1 aliphatic carbocycles. The number of ether oxygens (including phenoxy) is 1. The maximum Gasteiger partial charge on any atom is 0.338 e. The van der Waals surface area contributed by atoms with Gasteiger partial charge in [-0.25, -0.2) is 4.79 Å². The molecule has 26 heavy (non-hydrogen) atoms. The zero-order chi connectivity index (χ0) is 18.5. The number of esters is 1. The van der Waals surface area contributed by atoms with Crippen molar-refractivity contribution in [3.05, 3.63) is 70.8 Å². The molecule has 2 atom stereocenters. The molecule has 5 heteroatoms. The van der Waals surface area contributed by atoms with Gasteiger partial charge in [-0.05, 0) is 49.4 Å². The lowest BCUT2D eigenvalue weighted by atomic mass is 9.87. The summed E-state index contributed by atoms with van der Waals surface area (Å²) >= 11 is 0. The number of rotatable bonds is 5. The second-order valence-electron chi connectivity index (χ2n) is 6.44. The van der Waals surface area contributed by atoms with Gasteiger partial charge >= 0.3 is 5.97 Å². The highest BCUT2D eigenvalue weighted by Gasteiger charge is 2.25. The number of carbonyl (C=O) groups excluding carboxylic acids is 3. The van der Waals surface area contributed by atoms with Crippen LogP contribution in [0.5, 0.6) is 0 Å². The molecule has 0 unspecified atom stereocenters. The van der Waals surface area contributed by atoms with E-state index in [-0.39, 0.29) is 11.9 Å². The van der Waals surface area contributed by atoms with E-state index in [0.717, 1.165) is 24.8 Å². The zero-order valence-electron chi connectivity index (χ0n) is 14.6. The van der Waals surface area contributed by atoms with Gasteiger partial charge in [0, 0.05) is 5.56 Å². The number of fused-ring (bicyclic) bond motifs is 1. The Morgan fingerprint density at radius 1 is 1.15 bits per heavy atom. The van der Waals surface area contributed by atoms with E-state index in [9.17, 15) is 14.4 Å². The van der Waals surface area contributed by atoms with Crippen LogP contribution in [-0.2, 0) is 16.0 Å². The molecular weight excluding hydrogens is 330 g/mol. The Kier molecular flexibility index (Phi) is 5.46. The molecule has 0 saturated heterocycles. The van der Waals surface area contributed by atoms with Gasteiger partial charge in [0.1, 0.15) is 6.29 Å². The molecule has 5 nitrogen and oxygen atoms in total. The van der Waals surface area contributed by atoms with Gasteiger partial charge in [-0.15, -0.1) is 0 Å². The van der Waals surface area contributed by atoms with Crippen LogP contribution in [-0.4, -0.2) is 24.3 Å². The molecule has 0 bridgehead atoms. The van der Waals surface area contributed by atoms with Gasteiger partial charge in [0.2, 0.25) is 0 Å². The fourth-order valence-electron chi connectivity index (χ4n) is 3.17. The van der Waals surface area contributed by atoms with Gasteiger partial charge in [-0.3, -0.25) is 9.59 Å². The van der Waals surface area contributed by atoms with Crippen molar-refractivity contribution in [1.29, 1.82) is 0 Å². The Labute approximate surface area is 152 Å². The van der Waals surface area contributed by atoms with Gasteiger partial charge < -0.3 is 10.1 Å². The van der Waals surface area contributed by atoms with E-state index in [1.807, 2.05) is 18.2 Å². The summed E-state index contributed by atoms with van der Waals surface area (Å²) in [6, 6.07) is 14.1. The third-order valence-corrected chi connectivity index (χ3v) is 4.62. The first-order valence-corrected chi connectivity index (χ1v) is 8.73. The fourth-order valence-corrected chi connectivity index (χ4v) is 3.17. The van der Waals surface area contributed by atoms with Crippen LogP contribution in [0.4, 0.5) is 0 Å². The first kappa shape index (κ1) is 17.9. The first-order chi connectivity index (χ1) is 12.6. The monoisotopic (exact) mass is 351 g/mol. The maximum atomic E-state index is 12.5. The second-order valence-corrected chi connectivity index (χ2v) is 6.44. The van der Waals surface area contributed by atoms with Gasteiger partial charge in [0.05, 0.1) is 11.6 Å². The average Bonchev–Trinajstić information content (AvgIpc) is 2.68. The molecule has 0 heterocycles. The van der Waals surface area contributed by atoms with Crippen LogP contribution in [0.3, 0.4) is 0 Å². The molecule has 1 aliphatic rings. The zero-order valence-corrected chi connectivity index (χ0v) is 14.6. The maximum absolute atomic E-state index is 12.5. The van der Waals surface area contributed by atoms with E-state index in [2.05, 4.69) is 11.4 Å². The van der Waals surface area contributed by atoms with Crippen LogP contribution < -0.4 is 5.32 Å². The Morgan fingerprint density at radius 2 is 1.88 bits per heavy atom. The van der Waals surface area contributed by atoms with E-state index in [1.54, 1.807) is 6.92 Å². The Hall–Kier alpha value is -2.95. The van der Waals surface area contributed by atoms with Crippen LogP contribution in [0.25, 0.3) is 0 Å². The van der Waals surface area contributed by atoms with Gasteiger partial charge in [-0.1, -0.05) is 36.4 Å². The van der Waals surface area contributed by atoms with Crippen molar-refractivity contribution in [2.75, 3.05) is 0 Å². The summed E-state index contributed by atoms with van der Waals surface area (Å²) in [5.74, 6) is -0.904. The number of hydrogen-bond acceptors (Lipinski definition) is 4. The van der Waals surface area contributed by atoms with Crippen molar-refractivity contribution < 1.29 is 19.1 Å². The van der Waals surface area contributed by atoms with E-state index in [4.69, 9.17) is 4.74 Å². The minimum Gasteiger partial charge on any atom is -0.449 e. The lowest BCUT2D eigenvalue weighted by Crippen LogP contribution is -2.39. The standard InChI is InChI=1S/C21H21NO4/c1-14(26-21(25)17-11-9-15(13-23)10-12-17)20(24)22-19-8-4-6-16-5-2-3-7-18(16)19/h2-3,5,7,9-14,19H,4,6,8H2,1H3,(H,22,24)/t14-,19-/m1/s1. The van der Waals surface area contributed by atoms with Crippen LogP contribution in [0, 0.1) is 0 Å². The highest BCUT2D eigenvalue weighted by atomic mass is 16.5. The van der Waals surface area contributed by atoms with Gasteiger partial charge in [0.25, 0.3) is 5.91 Å². The summed E-state index contributed by atoms with van der Waals surface area (Å²) in [6.07, 6.45) is 2.70. The van der Waals surface area contributed by atoms with Crippen LogP contribution in [0.15, 0.2) is 48.5 Å². The van der Waals surface area contributed by atoms with Crippen molar-refractivity contribution in [1.82, 2.24) is 5.32 Å². The predicted molar refractivity (Wildman–Crippen MR) is 97.0 cm³/mol. The minimum absolute atomic E-state index is 0.0551. The molecule has 0 saturated carbocycles. The molecule has 0 aromatic heterocycles. The van der Waals surface area contributed by atoms with E-state index < -0.39 is 12.1 Å². The Balaban J connectivity index is 1.61. The summed E-state index contributed by atoms with van der Waals surface area (Å²) in [5.41, 5.74) is 3.17. The minimum atomic E-state index is -0.901. The molecule has 1 N–H and O–H groups in total. The fraction of sp³-hybridized carbons (Fsp3) is 0.286. The summed E-state index contributed by atoms with van der Waals surface area (Å²) in [7, 11) is 0. The first-order valence-electron chi connectivity index (χ1n) is 8.73. The van der Waals surface area contributed by atoms with Crippen molar-refractivity contribution in [2.24, 2.45) is 0 Å². The number of aldehydes is 1. The molecule has 0 fully saturated rings. The Morgan fingerprint density at radius 3 is 2.62 bits per heavy atom. The summed E-state index contributed by atoms with van der Waals surface area (Å²) in [5, 5.41) is 2.99. The van der Waals surface area contributed by atoms with Gasteiger partial charge in [-0.2, -0.15) is 0 Å². The van der Waals surface area contributed by atoms with Crippen molar-refractivity contribution in [2.45, 2.75) is 38.3 Å². The average molecular weight is 351 g/mol. The lowest BCUT2D eigenvalue weighted by molar-refractivity contribution is -0.130. The topological polar surface area (TPSA) is 72.5 Å². The number of hydrogen-bond donors (Lipinski definition) is 1. The summed E-state index contributed by atoms with van der Waals surface area (Å²) in [6.45, 7) is 1.56. The van der Waals surface area contributed by atoms with Crippen LogP contribution in [0.1, 0.15) is 57.7 Å². The lowest BCUT2D eigenvalue weighted by Gasteiger charge is -2.27. The smallest absolute Gasteiger partial charge is 0.338 e. The number of aryl methyl sites for hydroxylation is 1. The number of carbonyl (C=O) groups is 3. The highest BCUT2D eigenvalue weighted by molar-refractivity contribution is 5.93. The highest BCUT2D eigenvalue weighted by Crippen LogP contribution is 2.29. The van der Waals surface area contributed by atoms with Crippen LogP contribution in [0.2, 0.25) is 0 Å². The van der Waals surface area contributed by atoms with E-state index >= 15 is 0 Å². The largest absolute Gasteiger partial charge is 0.449 e. The molecular formula is C21H21NO4. The third-order valence-electron chi connectivity index (χ3n) is 4.62. The SMILES string of the molecule is C[C@@H](OC(=O)c1ccc(C=O)cc1)C(=O)N[C@@H]1CCCc2ccccc21. The third kappa shape index (κ3) is 3.99. The molecule has 1 amide bonds. The van der Waals surface area contributed by atoms with E-state index in [1.165, 1.54) is 29.8 Å². The number of amides is 1. The quantitative estimate of drug-likeness (QED) is 0.663. The number of nitrogens with one attached hydrogen (secondary N) is 1. The molecule has 0 aliphatic heterocycles. The summed E-state index contributed by atoms with van der Waals surface area (Å²) in [4.78, 5) is 35.3. The molecule has 3 rings (SSSR count). The van der Waals surface area contributed by atoms with Gasteiger partial charge in [0.15, 0.2) is 6.10 Å².